The normalized spacial score (nSPS) is 11.1. The van der Waals surface area contributed by atoms with Crippen molar-refractivity contribution in [3.8, 4) is 11.5 Å². The third kappa shape index (κ3) is 1.46. The summed E-state index contributed by atoms with van der Waals surface area (Å²) in [5, 5.41) is 15.5. The van der Waals surface area contributed by atoms with Gasteiger partial charge in [0.2, 0.25) is 5.82 Å². The van der Waals surface area contributed by atoms with Crippen molar-refractivity contribution in [2.24, 2.45) is 0 Å². The maximum absolute atomic E-state index is 5.83. The van der Waals surface area contributed by atoms with Gasteiger partial charge in [0.1, 0.15) is 10.8 Å². The fourth-order valence-corrected chi connectivity index (χ4v) is 2.12. The van der Waals surface area contributed by atoms with Gasteiger partial charge in [0.15, 0.2) is 5.65 Å². The van der Waals surface area contributed by atoms with Crippen LogP contribution in [0.2, 0.25) is 5.15 Å². The molecule has 80 valence electrons. The average molecular weight is 252 g/mol. The van der Waals surface area contributed by atoms with Crippen LogP contribution in [0, 0.1) is 6.92 Å². The number of aryl methyl sites for hydroxylation is 1. The molecule has 3 aromatic heterocycles. The molecule has 0 spiro atoms. The van der Waals surface area contributed by atoms with Gasteiger partial charge in [-0.1, -0.05) is 11.6 Å². The summed E-state index contributed by atoms with van der Waals surface area (Å²) in [6.45, 7) is 1.94. The highest BCUT2D eigenvalue weighted by atomic mass is 35.5. The molecule has 0 aliphatic rings. The Balaban J connectivity index is 2.27. The third-order valence-corrected chi connectivity index (χ3v) is 3.05. The van der Waals surface area contributed by atoms with E-state index in [4.69, 9.17) is 11.6 Å². The van der Waals surface area contributed by atoms with Crippen LogP contribution >= 0.6 is 22.9 Å². The van der Waals surface area contributed by atoms with Crippen LogP contribution in [0.25, 0.3) is 17.2 Å². The Kier molecular flexibility index (Phi) is 2.12. The minimum atomic E-state index is 0.403. The number of hydrogen-bond donors (Lipinski definition) is 0. The Hall–Kier alpha value is -1.53. The van der Waals surface area contributed by atoms with Crippen LogP contribution < -0.4 is 0 Å². The van der Waals surface area contributed by atoms with Gasteiger partial charge in [-0.05, 0) is 19.1 Å². The predicted octanol–water partition coefficient (Wildman–Crippen LogP) is 2.21. The lowest BCUT2D eigenvalue weighted by atomic mass is 10.4. The Labute approximate surface area is 99.7 Å². The summed E-state index contributed by atoms with van der Waals surface area (Å²) in [7, 11) is 0. The van der Waals surface area contributed by atoms with Gasteiger partial charge < -0.3 is 0 Å². The molecule has 3 rings (SSSR count). The summed E-state index contributed by atoms with van der Waals surface area (Å²) in [5.41, 5.74) is 1.43. The van der Waals surface area contributed by atoms with E-state index in [9.17, 15) is 0 Å². The fourth-order valence-electron chi connectivity index (χ4n) is 1.39. The van der Waals surface area contributed by atoms with Crippen molar-refractivity contribution in [1.29, 1.82) is 0 Å². The number of hydrogen-bond acceptors (Lipinski definition) is 5. The van der Waals surface area contributed by atoms with E-state index in [-0.39, 0.29) is 0 Å². The zero-order valence-electron chi connectivity index (χ0n) is 8.25. The van der Waals surface area contributed by atoms with Gasteiger partial charge in [0.25, 0.3) is 0 Å². The number of nitrogens with zero attached hydrogens (tertiary/aromatic N) is 5. The largest absolute Gasteiger partial charge is 0.238 e. The molecule has 0 radical (unpaired) electrons. The van der Waals surface area contributed by atoms with Crippen molar-refractivity contribution in [3.63, 3.8) is 0 Å². The van der Waals surface area contributed by atoms with Crippen molar-refractivity contribution in [2.45, 2.75) is 6.92 Å². The highest BCUT2D eigenvalue weighted by Gasteiger charge is 2.11. The number of thiazole rings is 1. The molecule has 0 unspecified atom stereocenters. The van der Waals surface area contributed by atoms with E-state index in [1.54, 1.807) is 28.0 Å². The van der Waals surface area contributed by atoms with Crippen molar-refractivity contribution in [1.82, 2.24) is 24.8 Å². The molecule has 0 amide bonds. The van der Waals surface area contributed by atoms with Gasteiger partial charge in [-0.15, -0.1) is 21.5 Å². The van der Waals surface area contributed by atoms with Crippen molar-refractivity contribution in [3.05, 3.63) is 27.7 Å². The van der Waals surface area contributed by atoms with E-state index in [1.807, 2.05) is 12.3 Å². The summed E-state index contributed by atoms with van der Waals surface area (Å²) in [5.74, 6) is 0.613. The molecule has 0 atom stereocenters. The third-order valence-electron chi connectivity index (χ3n) is 2.08. The molecule has 0 aliphatic heterocycles. The topological polar surface area (TPSA) is 56.0 Å². The Morgan fingerprint density at radius 1 is 1.31 bits per heavy atom. The minimum Gasteiger partial charge on any atom is -0.238 e. The van der Waals surface area contributed by atoms with Gasteiger partial charge in [-0.2, -0.15) is 9.61 Å². The summed E-state index contributed by atoms with van der Waals surface area (Å²) < 4.78 is 1.59. The number of aromatic nitrogens is 5. The fraction of sp³-hybridized carbons (Fsp3) is 0.111. The summed E-state index contributed by atoms with van der Waals surface area (Å²) in [4.78, 5) is 4.35. The maximum Gasteiger partial charge on any atom is 0.204 e. The number of halogens is 1. The quantitative estimate of drug-likeness (QED) is 0.665. The first kappa shape index (κ1) is 9.68. The lowest BCUT2D eigenvalue weighted by Gasteiger charge is -1.95. The average Bonchev–Trinajstić information content (AvgIpc) is 2.83. The van der Waals surface area contributed by atoms with Gasteiger partial charge in [0.05, 0.1) is 5.01 Å². The zero-order valence-corrected chi connectivity index (χ0v) is 9.83. The number of rotatable bonds is 1. The van der Waals surface area contributed by atoms with E-state index in [0.717, 1.165) is 10.7 Å². The molecule has 16 heavy (non-hydrogen) atoms. The molecule has 3 aromatic rings. The highest BCUT2D eigenvalue weighted by Crippen LogP contribution is 2.20. The van der Waals surface area contributed by atoms with Crippen LogP contribution in [0.5, 0.6) is 0 Å². The Morgan fingerprint density at radius 3 is 2.94 bits per heavy atom. The molecule has 0 saturated carbocycles. The summed E-state index contributed by atoms with van der Waals surface area (Å²) in [6, 6.07) is 3.45. The first-order valence-corrected chi connectivity index (χ1v) is 5.80. The van der Waals surface area contributed by atoms with Crippen LogP contribution in [0.3, 0.4) is 0 Å². The molecule has 0 N–H and O–H groups in total. The highest BCUT2D eigenvalue weighted by molar-refractivity contribution is 7.09. The first-order valence-electron chi connectivity index (χ1n) is 4.54. The molecule has 0 aliphatic carbocycles. The van der Waals surface area contributed by atoms with Crippen LogP contribution in [-0.4, -0.2) is 24.8 Å². The molecular weight excluding hydrogens is 246 g/mol. The van der Waals surface area contributed by atoms with Crippen LogP contribution in [0.15, 0.2) is 17.5 Å². The number of fused-ring (bicyclic) bond motifs is 1. The second-order valence-corrected chi connectivity index (χ2v) is 4.65. The monoisotopic (exact) mass is 251 g/mol. The van der Waals surface area contributed by atoms with Gasteiger partial charge in [-0.3, -0.25) is 0 Å². The van der Waals surface area contributed by atoms with Gasteiger partial charge in [-0.25, -0.2) is 4.98 Å². The SMILES string of the molecule is Cc1nc(-c2nnc3ccc(Cl)nn23)cs1. The van der Waals surface area contributed by atoms with Crippen molar-refractivity contribution in [2.75, 3.05) is 0 Å². The minimum absolute atomic E-state index is 0.403. The Bertz CT molecular complexity index is 659. The molecular formula is C9H6ClN5S. The van der Waals surface area contributed by atoms with E-state index >= 15 is 0 Å². The summed E-state index contributed by atoms with van der Waals surface area (Å²) >= 11 is 7.40. The molecule has 0 aromatic carbocycles. The lowest BCUT2D eigenvalue weighted by molar-refractivity contribution is 0.931. The van der Waals surface area contributed by atoms with Crippen LogP contribution in [-0.2, 0) is 0 Å². The van der Waals surface area contributed by atoms with E-state index in [1.165, 1.54) is 0 Å². The van der Waals surface area contributed by atoms with E-state index in [0.29, 0.717) is 16.6 Å². The lowest BCUT2D eigenvalue weighted by Crippen LogP contribution is -1.95. The van der Waals surface area contributed by atoms with Crippen molar-refractivity contribution >= 4 is 28.6 Å². The zero-order chi connectivity index (χ0) is 11.1. The standard InChI is InChI=1S/C9H6ClN5S/c1-5-11-6(4-16-5)9-13-12-8-3-2-7(10)14-15(8)9/h2-4H,1H3. The molecule has 5 nitrogen and oxygen atoms in total. The maximum atomic E-state index is 5.83. The predicted molar refractivity (Wildman–Crippen MR) is 61.6 cm³/mol. The Morgan fingerprint density at radius 2 is 2.19 bits per heavy atom. The van der Waals surface area contributed by atoms with Gasteiger partial charge in [0, 0.05) is 5.38 Å². The van der Waals surface area contributed by atoms with E-state index in [2.05, 4.69) is 20.3 Å². The van der Waals surface area contributed by atoms with Crippen molar-refractivity contribution < 1.29 is 0 Å². The second kappa shape index (κ2) is 3.50. The van der Waals surface area contributed by atoms with E-state index < -0.39 is 0 Å². The second-order valence-electron chi connectivity index (χ2n) is 3.20. The molecule has 7 heteroatoms. The molecule has 0 saturated heterocycles. The molecule has 3 heterocycles. The molecule has 0 fully saturated rings. The van der Waals surface area contributed by atoms with Crippen LogP contribution in [0.1, 0.15) is 5.01 Å². The smallest absolute Gasteiger partial charge is 0.204 e. The molecule has 0 bridgehead atoms. The summed E-state index contributed by atoms with van der Waals surface area (Å²) in [6.07, 6.45) is 0. The first-order chi connectivity index (χ1) is 7.74. The van der Waals surface area contributed by atoms with Gasteiger partial charge >= 0.3 is 0 Å². The van der Waals surface area contributed by atoms with Crippen LogP contribution in [0.4, 0.5) is 0 Å².